The molecule has 4 nitrogen and oxygen atoms in total. The Kier molecular flexibility index (Phi) is 4.84. The van der Waals surface area contributed by atoms with Crippen LogP contribution in [0, 0.1) is 0 Å². The summed E-state index contributed by atoms with van der Waals surface area (Å²) in [5, 5.41) is 6.49. The van der Waals surface area contributed by atoms with Crippen LogP contribution in [0.4, 0.5) is 5.13 Å². The van der Waals surface area contributed by atoms with Crippen molar-refractivity contribution in [2.24, 2.45) is 0 Å². The van der Waals surface area contributed by atoms with Crippen molar-refractivity contribution in [2.45, 2.75) is 18.3 Å². The number of nitrogens with one attached hydrogen (secondary N) is 1. The SMILES string of the molecule is COc1ccc(C2(C(=O)Nc3nc(-c4ccc(Cl)cc4Cl)cs3)CC2)cc1. The quantitative estimate of drug-likeness (QED) is 0.569. The molecule has 0 atom stereocenters. The van der Waals surface area contributed by atoms with Gasteiger partial charge in [-0.3, -0.25) is 4.79 Å². The molecule has 0 bridgehead atoms. The number of thiazole rings is 1. The number of benzene rings is 2. The molecule has 1 heterocycles. The largest absolute Gasteiger partial charge is 0.497 e. The van der Waals surface area contributed by atoms with Gasteiger partial charge in [-0.1, -0.05) is 35.3 Å². The molecule has 1 saturated carbocycles. The second-order valence-corrected chi connectivity index (χ2v) is 8.13. The van der Waals surface area contributed by atoms with Crippen LogP contribution in [0.2, 0.25) is 10.0 Å². The number of aromatic nitrogens is 1. The first kappa shape index (κ1) is 18.3. The van der Waals surface area contributed by atoms with Crippen molar-refractivity contribution in [3.63, 3.8) is 0 Å². The van der Waals surface area contributed by atoms with Crippen LogP contribution in [0.1, 0.15) is 18.4 Å². The normalized spacial score (nSPS) is 14.6. The van der Waals surface area contributed by atoms with E-state index < -0.39 is 5.41 Å². The maximum absolute atomic E-state index is 12.9. The molecule has 0 aliphatic heterocycles. The molecule has 1 fully saturated rings. The van der Waals surface area contributed by atoms with E-state index in [1.807, 2.05) is 35.7 Å². The number of rotatable bonds is 5. The molecule has 4 rings (SSSR count). The maximum atomic E-state index is 12.9. The number of ether oxygens (including phenoxy) is 1. The van der Waals surface area contributed by atoms with Crippen LogP contribution in [0.5, 0.6) is 5.75 Å². The third kappa shape index (κ3) is 3.55. The van der Waals surface area contributed by atoms with Crippen molar-refractivity contribution in [1.29, 1.82) is 0 Å². The van der Waals surface area contributed by atoms with Crippen molar-refractivity contribution in [3.05, 3.63) is 63.5 Å². The van der Waals surface area contributed by atoms with Gasteiger partial charge in [-0.15, -0.1) is 11.3 Å². The highest BCUT2D eigenvalue weighted by Gasteiger charge is 2.51. The second-order valence-electron chi connectivity index (χ2n) is 6.43. The van der Waals surface area contributed by atoms with Gasteiger partial charge in [-0.05, 0) is 48.7 Å². The lowest BCUT2D eigenvalue weighted by Gasteiger charge is -2.15. The number of nitrogens with zero attached hydrogens (tertiary/aromatic N) is 1. The first-order valence-corrected chi connectivity index (χ1v) is 10.0. The highest BCUT2D eigenvalue weighted by Crippen LogP contribution is 2.49. The summed E-state index contributed by atoms with van der Waals surface area (Å²) in [7, 11) is 1.63. The molecule has 1 aliphatic rings. The van der Waals surface area contributed by atoms with E-state index in [1.54, 1.807) is 19.2 Å². The molecule has 1 aliphatic carbocycles. The van der Waals surface area contributed by atoms with Crippen LogP contribution < -0.4 is 10.1 Å². The van der Waals surface area contributed by atoms with Crippen molar-refractivity contribution in [3.8, 4) is 17.0 Å². The summed E-state index contributed by atoms with van der Waals surface area (Å²) in [6, 6.07) is 12.9. The first-order valence-electron chi connectivity index (χ1n) is 8.39. The average molecular weight is 419 g/mol. The third-order valence-corrected chi connectivity index (χ3v) is 6.06. The lowest BCUT2D eigenvalue weighted by molar-refractivity contribution is -0.118. The van der Waals surface area contributed by atoms with E-state index in [0.717, 1.165) is 29.7 Å². The molecule has 3 aromatic rings. The van der Waals surface area contributed by atoms with Crippen molar-refractivity contribution in [1.82, 2.24) is 4.98 Å². The summed E-state index contributed by atoms with van der Waals surface area (Å²) in [6.45, 7) is 0. The Morgan fingerprint density at radius 1 is 1.19 bits per heavy atom. The van der Waals surface area contributed by atoms with Crippen molar-refractivity contribution >= 4 is 45.6 Å². The van der Waals surface area contributed by atoms with Gasteiger partial charge in [0.25, 0.3) is 0 Å². The highest BCUT2D eigenvalue weighted by molar-refractivity contribution is 7.14. The Morgan fingerprint density at radius 3 is 2.56 bits per heavy atom. The molecule has 1 amide bonds. The molecule has 0 spiro atoms. The molecule has 138 valence electrons. The van der Waals surface area contributed by atoms with E-state index in [-0.39, 0.29) is 5.91 Å². The fourth-order valence-electron chi connectivity index (χ4n) is 3.05. The molecule has 1 aromatic heterocycles. The number of halogens is 2. The van der Waals surface area contributed by atoms with E-state index >= 15 is 0 Å². The number of carbonyl (C=O) groups is 1. The standard InChI is InChI=1S/C20H16Cl2N2O2S/c1-26-14-5-2-12(3-6-14)20(8-9-20)18(25)24-19-23-17(11-27-19)15-7-4-13(21)10-16(15)22/h2-7,10-11H,8-9H2,1H3,(H,23,24,25). The molecular weight excluding hydrogens is 403 g/mol. The van der Waals surface area contributed by atoms with E-state index in [4.69, 9.17) is 27.9 Å². The molecule has 0 unspecified atom stereocenters. The Labute approximate surface area is 171 Å². The summed E-state index contributed by atoms with van der Waals surface area (Å²) < 4.78 is 5.19. The van der Waals surface area contributed by atoms with E-state index in [0.29, 0.717) is 20.9 Å². The Hall–Kier alpha value is -2.08. The van der Waals surface area contributed by atoms with Crippen LogP contribution >= 0.6 is 34.5 Å². The van der Waals surface area contributed by atoms with Gasteiger partial charge in [-0.25, -0.2) is 4.98 Å². The maximum Gasteiger partial charge on any atom is 0.236 e. The Morgan fingerprint density at radius 2 is 1.93 bits per heavy atom. The molecule has 0 radical (unpaired) electrons. The average Bonchev–Trinajstić information content (AvgIpc) is 3.36. The summed E-state index contributed by atoms with van der Waals surface area (Å²) in [4.78, 5) is 17.4. The van der Waals surface area contributed by atoms with Gasteiger partial charge < -0.3 is 10.1 Å². The zero-order valence-corrected chi connectivity index (χ0v) is 16.8. The summed E-state index contributed by atoms with van der Waals surface area (Å²) in [5.41, 5.74) is 2.02. The van der Waals surface area contributed by atoms with Crippen molar-refractivity contribution < 1.29 is 9.53 Å². The highest BCUT2D eigenvalue weighted by atomic mass is 35.5. The van der Waals surface area contributed by atoms with Gasteiger partial charge in [0, 0.05) is 16.0 Å². The van der Waals surface area contributed by atoms with Crippen molar-refractivity contribution in [2.75, 3.05) is 12.4 Å². The van der Waals surface area contributed by atoms with Gasteiger partial charge in [0.05, 0.1) is 23.2 Å². The summed E-state index contributed by atoms with van der Waals surface area (Å²) in [5.74, 6) is 0.745. The fourth-order valence-corrected chi connectivity index (χ4v) is 4.26. The predicted octanol–water partition coefficient (Wildman–Crippen LogP) is 5.80. The number of methoxy groups -OCH3 is 1. The minimum atomic E-state index is -0.476. The molecule has 2 aromatic carbocycles. The van der Waals surface area contributed by atoms with E-state index in [2.05, 4.69) is 10.3 Å². The molecular formula is C20H16Cl2N2O2S. The van der Waals surface area contributed by atoms with Gasteiger partial charge in [0.15, 0.2) is 5.13 Å². The monoisotopic (exact) mass is 418 g/mol. The zero-order chi connectivity index (χ0) is 19.0. The van der Waals surface area contributed by atoms with Crippen LogP contribution in [-0.2, 0) is 10.2 Å². The lowest BCUT2D eigenvalue weighted by atomic mass is 9.95. The fraction of sp³-hybridized carbons (Fsp3) is 0.200. The predicted molar refractivity (Wildman–Crippen MR) is 110 cm³/mol. The summed E-state index contributed by atoms with van der Waals surface area (Å²) >= 11 is 13.6. The molecule has 7 heteroatoms. The second kappa shape index (κ2) is 7.15. The van der Waals surface area contributed by atoms with Gasteiger partial charge >= 0.3 is 0 Å². The van der Waals surface area contributed by atoms with Gasteiger partial charge in [-0.2, -0.15) is 0 Å². The van der Waals surface area contributed by atoms with Gasteiger partial charge in [0.2, 0.25) is 5.91 Å². The molecule has 27 heavy (non-hydrogen) atoms. The number of carbonyl (C=O) groups excluding carboxylic acids is 1. The Bertz CT molecular complexity index is 997. The van der Waals surface area contributed by atoms with Crippen LogP contribution in [0.25, 0.3) is 11.3 Å². The zero-order valence-electron chi connectivity index (χ0n) is 14.5. The minimum Gasteiger partial charge on any atom is -0.497 e. The lowest BCUT2D eigenvalue weighted by Crippen LogP contribution is -2.27. The van der Waals surface area contributed by atoms with Gasteiger partial charge in [0.1, 0.15) is 5.75 Å². The number of anilines is 1. The van der Waals surface area contributed by atoms with E-state index in [9.17, 15) is 4.79 Å². The number of amides is 1. The number of hydrogen-bond donors (Lipinski definition) is 1. The third-order valence-electron chi connectivity index (χ3n) is 4.76. The number of hydrogen-bond acceptors (Lipinski definition) is 4. The van der Waals surface area contributed by atoms with Crippen LogP contribution in [0.15, 0.2) is 47.8 Å². The molecule has 0 saturated heterocycles. The summed E-state index contributed by atoms with van der Waals surface area (Å²) in [6.07, 6.45) is 1.65. The molecule has 1 N–H and O–H groups in total. The topological polar surface area (TPSA) is 51.2 Å². The first-order chi connectivity index (χ1) is 13.0. The Balaban J connectivity index is 1.52. The smallest absolute Gasteiger partial charge is 0.236 e. The van der Waals surface area contributed by atoms with Crippen LogP contribution in [-0.4, -0.2) is 18.0 Å². The van der Waals surface area contributed by atoms with Crippen LogP contribution in [0.3, 0.4) is 0 Å². The van der Waals surface area contributed by atoms with E-state index in [1.165, 1.54) is 11.3 Å². The minimum absolute atomic E-state index is 0.0317.